The van der Waals surface area contributed by atoms with Crippen LogP contribution in [0.1, 0.15) is 31.2 Å². The van der Waals surface area contributed by atoms with Crippen LogP contribution in [0.5, 0.6) is 5.75 Å². The third-order valence-corrected chi connectivity index (χ3v) is 6.46. The van der Waals surface area contributed by atoms with E-state index < -0.39 is 5.41 Å². The van der Waals surface area contributed by atoms with Crippen molar-refractivity contribution in [3.05, 3.63) is 42.0 Å². The number of rotatable bonds is 4. The topological polar surface area (TPSA) is 36.3 Å². The van der Waals surface area contributed by atoms with Crippen LogP contribution in [0.3, 0.4) is 0 Å². The maximum absolute atomic E-state index is 9.94. The summed E-state index contributed by atoms with van der Waals surface area (Å²) < 4.78 is 5.52. The van der Waals surface area contributed by atoms with Crippen LogP contribution in [0.4, 0.5) is 0 Å². The van der Waals surface area contributed by atoms with Crippen LogP contribution in [0.15, 0.2) is 36.4 Å². The van der Waals surface area contributed by atoms with Crippen molar-refractivity contribution >= 4 is 0 Å². The van der Waals surface area contributed by atoms with E-state index in [2.05, 4.69) is 29.2 Å². The number of hydrogen-bond donors (Lipinski definition) is 0. The molecule has 3 aliphatic rings. The Morgan fingerprint density at radius 1 is 1.21 bits per heavy atom. The van der Waals surface area contributed by atoms with E-state index >= 15 is 0 Å². The highest BCUT2D eigenvalue weighted by molar-refractivity contribution is 5.44. The second kappa shape index (κ2) is 6.26. The number of nitrogens with zero attached hydrogens (tertiary/aromatic N) is 2. The zero-order chi connectivity index (χ0) is 16.6. The molecule has 24 heavy (non-hydrogen) atoms. The van der Waals surface area contributed by atoms with Crippen molar-refractivity contribution in [1.82, 2.24) is 4.90 Å². The Bertz CT molecular complexity index is 667. The van der Waals surface area contributed by atoms with E-state index in [4.69, 9.17) is 4.74 Å². The molecule has 2 bridgehead atoms. The summed E-state index contributed by atoms with van der Waals surface area (Å²) in [7, 11) is 1.70. The zero-order valence-corrected chi connectivity index (χ0v) is 14.4. The molecule has 0 radical (unpaired) electrons. The van der Waals surface area contributed by atoms with Crippen LogP contribution in [-0.2, 0) is 5.41 Å². The minimum absolute atomic E-state index is 0.391. The largest absolute Gasteiger partial charge is 0.496 e. The minimum atomic E-state index is -0.391. The normalized spacial score (nSPS) is 31.1. The molecule has 0 spiro atoms. The first-order chi connectivity index (χ1) is 11.7. The Kier molecular flexibility index (Phi) is 4.10. The average molecular weight is 322 g/mol. The number of para-hydroxylation sites is 1. The highest BCUT2D eigenvalue weighted by atomic mass is 16.5. The first-order valence-electron chi connectivity index (χ1n) is 9.19. The van der Waals surface area contributed by atoms with E-state index in [0.29, 0.717) is 0 Å². The van der Waals surface area contributed by atoms with Gasteiger partial charge in [0, 0.05) is 12.1 Å². The first kappa shape index (κ1) is 15.7. The molecule has 3 atom stereocenters. The van der Waals surface area contributed by atoms with Crippen molar-refractivity contribution < 1.29 is 4.74 Å². The summed E-state index contributed by atoms with van der Waals surface area (Å²) in [6.07, 6.45) is 9.41. The standard InChI is InChI=1S/C21H26N2O/c1-24-20-5-3-2-4-19(20)21(15-22)8-10-23(11-9-21)14-18-13-16-6-7-17(18)12-16/h2-7,16-18H,8-14H2,1H3/t16-,17?,18+/m0/s1. The van der Waals surface area contributed by atoms with Gasteiger partial charge in [-0.05, 0) is 62.6 Å². The predicted molar refractivity (Wildman–Crippen MR) is 94.8 cm³/mol. The van der Waals surface area contributed by atoms with Gasteiger partial charge in [0.25, 0.3) is 0 Å². The molecule has 1 aromatic carbocycles. The first-order valence-corrected chi connectivity index (χ1v) is 9.19. The van der Waals surface area contributed by atoms with E-state index in [-0.39, 0.29) is 0 Å². The van der Waals surface area contributed by atoms with Gasteiger partial charge in [-0.1, -0.05) is 30.4 Å². The third-order valence-electron chi connectivity index (χ3n) is 6.46. The number of allylic oxidation sites excluding steroid dienone is 2. The third kappa shape index (κ3) is 2.63. The summed E-state index contributed by atoms with van der Waals surface area (Å²) in [5.74, 6) is 3.34. The highest BCUT2D eigenvalue weighted by Gasteiger charge is 2.41. The monoisotopic (exact) mass is 322 g/mol. The van der Waals surface area contributed by atoms with Gasteiger partial charge in [0.2, 0.25) is 0 Å². The Morgan fingerprint density at radius 3 is 2.62 bits per heavy atom. The molecule has 1 aromatic rings. The van der Waals surface area contributed by atoms with Gasteiger partial charge in [0.1, 0.15) is 5.75 Å². The molecule has 3 heteroatoms. The zero-order valence-electron chi connectivity index (χ0n) is 14.4. The summed E-state index contributed by atoms with van der Waals surface area (Å²) in [6, 6.07) is 10.7. The fraction of sp³-hybridized carbons (Fsp3) is 0.571. The van der Waals surface area contributed by atoms with Gasteiger partial charge in [0.15, 0.2) is 0 Å². The predicted octanol–water partition coefficient (Wildman–Crippen LogP) is 3.76. The molecule has 1 heterocycles. The van der Waals surface area contributed by atoms with Crippen molar-refractivity contribution in [3.63, 3.8) is 0 Å². The van der Waals surface area contributed by atoms with Gasteiger partial charge in [-0.2, -0.15) is 5.26 Å². The Balaban J connectivity index is 1.44. The van der Waals surface area contributed by atoms with E-state index in [9.17, 15) is 5.26 Å². The number of benzene rings is 1. The quantitative estimate of drug-likeness (QED) is 0.792. The summed E-state index contributed by atoms with van der Waals surface area (Å²) >= 11 is 0. The second-order valence-electron chi connectivity index (χ2n) is 7.74. The van der Waals surface area contributed by atoms with Crippen LogP contribution in [0, 0.1) is 29.1 Å². The number of nitriles is 1. The Morgan fingerprint density at radius 2 is 2.00 bits per heavy atom. The van der Waals surface area contributed by atoms with Crippen LogP contribution in [-0.4, -0.2) is 31.6 Å². The molecule has 3 nitrogen and oxygen atoms in total. The number of fused-ring (bicyclic) bond motifs is 2. The number of likely N-dealkylation sites (tertiary alicyclic amines) is 1. The summed E-state index contributed by atoms with van der Waals surface area (Å²) in [5.41, 5.74) is 0.676. The molecular weight excluding hydrogens is 296 g/mol. The van der Waals surface area contributed by atoms with Gasteiger partial charge in [-0.15, -0.1) is 0 Å². The number of hydrogen-bond acceptors (Lipinski definition) is 3. The van der Waals surface area contributed by atoms with Crippen molar-refractivity contribution in [1.29, 1.82) is 5.26 Å². The van der Waals surface area contributed by atoms with Gasteiger partial charge in [-0.25, -0.2) is 0 Å². The number of methoxy groups -OCH3 is 1. The lowest BCUT2D eigenvalue weighted by atomic mass is 9.73. The van der Waals surface area contributed by atoms with Crippen molar-refractivity contribution in [3.8, 4) is 11.8 Å². The van der Waals surface area contributed by atoms with Gasteiger partial charge >= 0.3 is 0 Å². The van der Waals surface area contributed by atoms with E-state index in [0.717, 1.165) is 55.0 Å². The lowest BCUT2D eigenvalue weighted by molar-refractivity contribution is 0.152. The fourth-order valence-electron chi connectivity index (χ4n) is 5.03. The van der Waals surface area contributed by atoms with Crippen molar-refractivity contribution in [2.75, 3.05) is 26.7 Å². The SMILES string of the molecule is COc1ccccc1C1(C#N)CCN(C[C@H]2C[C@H]3C=CC2C3)CC1. The molecule has 1 unspecified atom stereocenters. The molecule has 126 valence electrons. The van der Waals surface area contributed by atoms with Gasteiger partial charge in [-0.3, -0.25) is 0 Å². The molecule has 2 fully saturated rings. The molecule has 1 aliphatic heterocycles. The van der Waals surface area contributed by atoms with E-state index in [1.807, 2.05) is 18.2 Å². The molecule has 1 saturated heterocycles. The average Bonchev–Trinajstić information content (AvgIpc) is 3.26. The van der Waals surface area contributed by atoms with Crippen LogP contribution in [0.2, 0.25) is 0 Å². The van der Waals surface area contributed by atoms with Crippen LogP contribution < -0.4 is 4.74 Å². The molecule has 2 aliphatic carbocycles. The fourth-order valence-corrected chi connectivity index (χ4v) is 5.03. The second-order valence-corrected chi connectivity index (χ2v) is 7.74. The van der Waals surface area contributed by atoms with Crippen LogP contribution in [0.25, 0.3) is 0 Å². The maximum Gasteiger partial charge on any atom is 0.123 e. The van der Waals surface area contributed by atoms with E-state index in [1.54, 1.807) is 7.11 Å². The summed E-state index contributed by atoms with van der Waals surface area (Å²) in [4.78, 5) is 2.59. The molecule has 1 saturated carbocycles. The maximum atomic E-state index is 9.94. The molecule has 0 aromatic heterocycles. The van der Waals surface area contributed by atoms with Crippen LogP contribution >= 0.6 is 0 Å². The van der Waals surface area contributed by atoms with Gasteiger partial charge in [0.05, 0.1) is 18.6 Å². The molecule has 0 amide bonds. The number of piperidine rings is 1. The molecular formula is C21H26N2O. The van der Waals surface area contributed by atoms with Crippen molar-refractivity contribution in [2.45, 2.75) is 31.1 Å². The summed E-state index contributed by atoms with van der Waals surface area (Å²) in [5, 5.41) is 9.94. The lowest BCUT2D eigenvalue weighted by Crippen LogP contribution is -2.44. The summed E-state index contributed by atoms with van der Waals surface area (Å²) in [6.45, 7) is 3.24. The van der Waals surface area contributed by atoms with E-state index in [1.165, 1.54) is 19.4 Å². The molecule has 4 rings (SSSR count). The lowest BCUT2D eigenvalue weighted by Gasteiger charge is -2.39. The van der Waals surface area contributed by atoms with Crippen molar-refractivity contribution in [2.24, 2.45) is 17.8 Å². The highest BCUT2D eigenvalue weighted by Crippen LogP contribution is 2.45. The Labute approximate surface area is 144 Å². The smallest absolute Gasteiger partial charge is 0.123 e. The van der Waals surface area contributed by atoms with Gasteiger partial charge < -0.3 is 9.64 Å². The molecule has 0 N–H and O–H groups in total. The Hall–Kier alpha value is -1.79. The minimum Gasteiger partial charge on any atom is -0.496 e. The number of ether oxygens (including phenoxy) is 1.